The van der Waals surface area contributed by atoms with Gasteiger partial charge in [0.1, 0.15) is 4.88 Å². The lowest BCUT2D eigenvalue weighted by Crippen LogP contribution is -2.27. The van der Waals surface area contributed by atoms with Crippen LogP contribution in [0.1, 0.15) is 43.6 Å². The zero-order chi connectivity index (χ0) is 16.1. The molecule has 2 rings (SSSR count). The van der Waals surface area contributed by atoms with Crippen molar-refractivity contribution in [3.63, 3.8) is 0 Å². The first kappa shape index (κ1) is 16.2. The van der Waals surface area contributed by atoms with Gasteiger partial charge < -0.3 is 10.1 Å². The van der Waals surface area contributed by atoms with Crippen molar-refractivity contribution in [2.75, 3.05) is 13.7 Å². The molecule has 0 saturated carbocycles. The highest BCUT2D eigenvalue weighted by Gasteiger charge is 2.19. The van der Waals surface area contributed by atoms with Crippen LogP contribution in [0.5, 0.6) is 0 Å². The molecule has 0 radical (unpaired) electrons. The molecule has 0 aliphatic rings. The van der Waals surface area contributed by atoms with E-state index < -0.39 is 0 Å². The van der Waals surface area contributed by atoms with Crippen molar-refractivity contribution in [3.05, 3.63) is 51.5 Å². The number of esters is 1. The number of aromatic nitrogens is 1. The predicted octanol–water partition coefficient (Wildman–Crippen LogP) is 2.77. The Labute approximate surface area is 133 Å². The van der Waals surface area contributed by atoms with Crippen molar-refractivity contribution in [2.24, 2.45) is 0 Å². The van der Waals surface area contributed by atoms with Gasteiger partial charge in [-0.2, -0.15) is 0 Å². The zero-order valence-corrected chi connectivity index (χ0v) is 13.6. The van der Waals surface area contributed by atoms with Gasteiger partial charge in [0.15, 0.2) is 0 Å². The number of rotatable bonds is 5. The highest BCUT2D eigenvalue weighted by Crippen LogP contribution is 2.25. The van der Waals surface area contributed by atoms with Crippen molar-refractivity contribution in [3.8, 4) is 0 Å². The van der Waals surface area contributed by atoms with Crippen LogP contribution in [0.15, 0.2) is 30.3 Å². The van der Waals surface area contributed by atoms with Gasteiger partial charge in [-0.1, -0.05) is 25.1 Å². The minimum absolute atomic E-state index is 0.0229. The molecule has 0 bridgehead atoms. The number of carbonyl (C=O) groups is 2. The smallest absolute Gasteiger partial charge is 0.349 e. The quantitative estimate of drug-likeness (QED) is 0.861. The molecule has 1 heterocycles. The van der Waals surface area contributed by atoms with E-state index in [0.29, 0.717) is 22.7 Å². The number of amides is 1. The minimum atomic E-state index is -0.373. The number of methoxy groups -OCH3 is 1. The maximum absolute atomic E-state index is 12.0. The molecule has 116 valence electrons. The Bertz CT molecular complexity index is 667. The Morgan fingerprint density at radius 2 is 2.00 bits per heavy atom. The van der Waals surface area contributed by atoms with Gasteiger partial charge in [0, 0.05) is 18.0 Å². The lowest BCUT2D eigenvalue weighted by atomic mass is 10.1. The van der Waals surface area contributed by atoms with Crippen LogP contribution in [-0.2, 0) is 4.74 Å². The molecule has 1 aromatic carbocycles. The fourth-order valence-corrected chi connectivity index (χ4v) is 2.97. The third kappa shape index (κ3) is 3.71. The van der Waals surface area contributed by atoms with Crippen molar-refractivity contribution in [1.82, 2.24) is 10.3 Å². The normalized spacial score (nSPS) is 11.8. The average Bonchev–Trinajstić information content (AvgIpc) is 2.94. The number of aryl methyl sites for hydroxylation is 1. The van der Waals surface area contributed by atoms with Crippen molar-refractivity contribution in [2.45, 2.75) is 19.8 Å². The molecule has 1 aromatic heterocycles. The molecule has 1 unspecified atom stereocenters. The molecule has 1 amide bonds. The monoisotopic (exact) mass is 318 g/mol. The SMILES string of the molecule is COC(=O)c1sc(C(C)CNC(=O)c2ccccc2)nc1C. The van der Waals surface area contributed by atoms with Crippen LogP contribution in [0.25, 0.3) is 0 Å². The van der Waals surface area contributed by atoms with E-state index in [1.165, 1.54) is 18.4 Å². The summed E-state index contributed by atoms with van der Waals surface area (Å²) in [5.74, 6) is -0.467. The van der Waals surface area contributed by atoms with E-state index in [2.05, 4.69) is 10.3 Å². The summed E-state index contributed by atoms with van der Waals surface area (Å²) >= 11 is 1.31. The standard InChI is InChI=1S/C16H18N2O3S/c1-10(9-17-14(19)12-7-5-4-6-8-12)15-18-11(2)13(22-15)16(20)21-3/h4-8,10H,9H2,1-3H3,(H,17,19). The molecular weight excluding hydrogens is 300 g/mol. The Kier molecular flexibility index (Phi) is 5.27. The van der Waals surface area contributed by atoms with E-state index >= 15 is 0 Å². The number of benzene rings is 1. The first-order valence-electron chi connectivity index (χ1n) is 6.91. The molecule has 0 spiro atoms. The van der Waals surface area contributed by atoms with E-state index in [1.54, 1.807) is 19.1 Å². The van der Waals surface area contributed by atoms with Crippen molar-refractivity contribution in [1.29, 1.82) is 0 Å². The average molecular weight is 318 g/mol. The first-order valence-corrected chi connectivity index (χ1v) is 7.73. The molecule has 0 aliphatic carbocycles. The van der Waals surface area contributed by atoms with E-state index in [4.69, 9.17) is 4.74 Å². The Morgan fingerprint density at radius 3 is 2.64 bits per heavy atom. The van der Waals surface area contributed by atoms with Gasteiger partial charge in [-0.3, -0.25) is 4.79 Å². The van der Waals surface area contributed by atoms with Crippen molar-refractivity contribution < 1.29 is 14.3 Å². The fraction of sp³-hybridized carbons (Fsp3) is 0.312. The maximum Gasteiger partial charge on any atom is 0.349 e. The first-order chi connectivity index (χ1) is 10.5. The zero-order valence-electron chi connectivity index (χ0n) is 12.8. The third-order valence-corrected chi connectivity index (χ3v) is 4.58. The third-order valence-electron chi connectivity index (χ3n) is 3.21. The molecular formula is C16H18N2O3S. The molecule has 0 fully saturated rings. The van der Waals surface area contributed by atoms with E-state index in [0.717, 1.165) is 5.01 Å². The van der Waals surface area contributed by atoms with Gasteiger partial charge in [0.05, 0.1) is 17.8 Å². The van der Waals surface area contributed by atoms with Crippen LogP contribution < -0.4 is 5.32 Å². The van der Waals surface area contributed by atoms with Crippen LogP contribution >= 0.6 is 11.3 Å². The molecule has 6 heteroatoms. The second-order valence-electron chi connectivity index (χ2n) is 4.94. The highest BCUT2D eigenvalue weighted by atomic mass is 32.1. The molecule has 2 aromatic rings. The lowest BCUT2D eigenvalue weighted by Gasteiger charge is -2.10. The van der Waals surface area contributed by atoms with Crippen LogP contribution in [-0.4, -0.2) is 30.5 Å². The number of ether oxygens (including phenoxy) is 1. The lowest BCUT2D eigenvalue weighted by molar-refractivity contribution is 0.0605. The topological polar surface area (TPSA) is 68.3 Å². The van der Waals surface area contributed by atoms with E-state index in [-0.39, 0.29) is 17.8 Å². The van der Waals surface area contributed by atoms with E-state index in [1.807, 2.05) is 25.1 Å². The largest absolute Gasteiger partial charge is 0.465 e. The summed E-state index contributed by atoms with van der Waals surface area (Å²) in [6, 6.07) is 9.05. The molecule has 5 nitrogen and oxygen atoms in total. The molecule has 22 heavy (non-hydrogen) atoms. The van der Waals surface area contributed by atoms with Crippen LogP contribution in [0.2, 0.25) is 0 Å². The summed E-state index contributed by atoms with van der Waals surface area (Å²) in [6.45, 7) is 4.20. The van der Waals surface area contributed by atoms with Gasteiger partial charge in [0.25, 0.3) is 5.91 Å². The Morgan fingerprint density at radius 1 is 1.32 bits per heavy atom. The molecule has 1 atom stereocenters. The second-order valence-corrected chi connectivity index (χ2v) is 5.97. The highest BCUT2D eigenvalue weighted by molar-refractivity contribution is 7.13. The summed E-state index contributed by atoms with van der Waals surface area (Å²) in [5.41, 5.74) is 1.29. The molecule has 0 aliphatic heterocycles. The summed E-state index contributed by atoms with van der Waals surface area (Å²) in [5, 5.41) is 3.69. The molecule has 0 saturated heterocycles. The Hall–Kier alpha value is -2.21. The number of thiazole rings is 1. The van der Waals surface area contributed by atoms with Gasteiger partial charge in [-0.25, -0.2) is 9.78 Å². The summed E-state index contributed by atoms with van der Waals surface area (Å²) < 4.78 is 4.73. The van der Waals surface area contributed by atoms with Gasteiger partial charge in [-0.15, -0.1) is 11.3 Å². The maximum atomic E-state index is 12.0. The number of nitrogens with zero attached hydrogens (tertiary/aromatic N) is 1. The van der Waals surface area contributed by atoms with Gasteiger partial charge in [-0.05, 0) is 19.1 Å². The predicted molar refractivity (Wildman–Crippen MR) is 85.4 cm³/mol. The summed E-state index contributed by atoms with van der Waals surface area (Å²) in [6.07, 6.45) is 0. The van der Waals surface area contributed by atoms with Crippen molar-refractivity contribution >= 4 is 23.2 Å². The summed E-state index contributed by atoms with van der Waals surface area (Å²) in [7, 11) is 1.35. The number of carbonyl (C=O) groups excluding carboxylic acids is 2. The Balaban J connectivity index is 1.99. The second kappa shape index (κ2) is 7.17. The minimum Gasteiger partial charge on any atom is -0.465 e. The number of hydrogen-bond acceptors (Lipinski definition) is 5. The van der Waals surface area contributed by atoms with Crippen LogP contribution in [0.3, 0.4) is 0 Å². The van der Waals surface area contributed by atoms with Gasteiger partial charge >= 0.3 is 5.97 Å². The van der Waals surface area contributed by atoms with Crippen LogP contribution in [0, 0.1) is 6.92 Å². The number of hydrogen-bond donors (Lipinski definition) is 1. The van der Waals surface area contributed by atoms with E-state index in [9.17, 15) is 9.59 Å². The summed E-state index contributed by atoms with van der Waals surface area (Å²) in [4.78, 5) is 28.5. The molecule has 1 N–H and O–H groups in total. The number of nitrogens with one attached hydrogen (secondary N) is 1. The van der Waals surface area contributed by atoms with Crippen LogP contribution in [0.4, 0.5) is 0 Å². The fourth-order valence-electron chi connectivity index (χ4n) is 1.93. The van der Waals surface area contributed by atoms with Gasteiger partial charge in [0.2, 0.25) is 0 Å².